The molecule has 3 rings (SSSR count). The molecule has 1 aromatic carbocycles. The average molecular weight is 415 g/mol. The molecule has 0 spiro atoms. The molecule has 2 aromatic rings. The minimum atomic E-state index is -0.380. The molecular weight excluding hydrogens is 380 g/mol. The SMILES string of the molecule is COc1ccc2c(C)c(CCC(=O)NCCCN3CC(C)CC(C)C3)c(=O)oc2c1. The van der Waals surface area contributed by atoms with E-state index in [1.807, 2.05) is 19.1 Å². The van der Waals surface area contributed by atoms with Crippen molar-refractivity contribution < 1.29 is 13.9 Å². The summed E-state index contributed by atoms with van der Waals surface area (Å²) >= 11 is 0. The highest BCUT2D eigenvalue weighted by atomic mass is 16.5. The molecule has 1 aliphatic rings. The lowest BCUT2D eigenvalue weighted by atomic mass is 9.92. The van der Waals surface area contributed by atoms with Crippen LogP contribution >= 0.6 is 0 Å². The fraction of sp³-hybridized carbons (Fsp3) is 0.583. The van der Waals surface area contributed by atoms with Gasteiger partial charge in [-0.1, -0.05) is 13.8 Å². The number of fused-ring (bicyclic) bond motifs is 1. The number of carbonyl (C=O) groups is 1. The molecule has 30 heavy (non-hydrogen) atoms. The van der Waals surface area contributed by atoms with Gasteiger partial charge in [0.15, 0.2) is 0 Å². The van der Waals surface area contributed by atoms with Gasteiger partial charge in [-0.15, -0.1) is 0 Å². The number of piperidine rings is 1. The first kappa shape index (κ1) is 22.3. The van der Waals surface area contributed by atoms with Crippen LogP contribution in [0.2, 0.25) is 0 Å². The van der Waals surface area contributed by atoms with Gasteiger partial charge in [0, 0.05) is 43.1 Å². The summed E-state index contributed by atoms with van der Waals surface area (Å²) in [6.07, 6.45) is 2.92. The minimum absolute atomic E-state index is 0.0241. The molecule has 1 N–H and O–H groups in total. The number of nitrogens with one attached hydrogen (secondary N) is 1. The van der Waals surface area contributed by atoms with Crippen molar-refractivity contribution in [3.63, 3.8) is 0 Å². The molecule has 1 aliphatic heterocycles. The molecular formula is C24H34N2O4. The molecule has 0 aliphatic carbocycles. The molecule has 6 nitrogen and oxygen atoms in total. The van der Waals surface area contributed by atoms with Crippen LogP contribution in [-0.2, 0) is 11.2 Å². The summed E-state index contributed by atoms with van der Waals surface area (Å²) in [5, 5.41) is 3.86. The Morgan fingerprint density at radius 2 is 2.00 bits per heavy atom. The van der Waals surface area contributed by atoms with Gasteiger partial charge in [-0.2, -0.15) is 0 Å². The van der Waals surface area contributed by atoms with Crippen molar-refractivity contribution in [2.75, 3.05) is 33.3 Å². The Kier molecular flexibility index (Phi) is 7.53. The van der Waals surface area contributed by atoms with Crippen molar-refractivity contribution in [1.82, 2.24) is 10.2 Å². The lowest BCUT2D eigenvalue weighted by Crippen LogP contribution is -2.40. The van der Waals surface area contributed by atoms with E-state index in [9.17, 15) is 9.59 Å². The van der Waals surface area contributed by atoms with E-state index in [0.29, 0.717) is 29.9 Å². The highest BCUT2D eigenvalue weighted by Gasteiger charge is 2.21. The number of methoxy groups -OCH3 is 1. The first-order valence-corrected chi connectivity index (χ1v) is 11.0. The van der Waals surface area contributed by atoms with Gasteiger partial charge in [-0.3, -0.25) is 4.79 Å². The number of carbonyl (C=O) groups excluding carboxylic acids is 1. The van der Waals surface area contributed by atoms with Gasteiger partial charge in [0.25, 0.3) is 0 Å². The van der Waals surface area contributed by atoms with E-state index in [4.69, 9.17) is 9.15 Å². The van der Waals surface area contributed by atoms with Crippen LogP contribution in [0.15, 0.2) is 27.4 Å². The van der Waals surface area contributed by atoms with Crippen molar-refractivity contribution in [2.45, 2.75) is 46.5 Å². The first-order valence-electron chi connectivity index (χ1n) is 11.0. The number of likely N-dealkylation sites (tertiary alicyclic amines) is 1. The van der Waals surface area contributed by atoms with Crippen LogP contribution in [0.3, 0.4) is 0 Å². The van der Waals surface area contributed by atoms with E-state index >= 15 is 0 Å². The molecule has 1 saturated heterocycles. The van der Waals surface area contributed by atoms with Crippen molar-refractivity contribution in [3.05, 3.63) is 39.7 Å². The predicted molar refractivity (Wildman–Crippen MR) is 119 cm³/mol. The van der Waals surface area contributed by atoms with Crippen molar-refractivity contribution in [3.8, 4) is 5.75 Å². The summed E-state index contributed by atoms with van der Waals surface area (Å²) in [4.78, 5) is 27.2. The summed E-state index contributed by atoms with van der Waals surface area (Å²) in [5.74, 6) is 2.12. The normalized spacial score (nSPS) is 19.7. The Morgan fingerprint density at radius 1 is 1.27 bits per heavy atom. The second kappa shape index (κ2) is 10.1. The third-order valence-electron chi connectivity index (χ3n) is 6.01. The first-order chi connectivity index (χ1) is 14.4. The quantitative estimate of drug-likeness (QED) is 0.529. The van der Waals surface area contributed by atoms with E-state index < -0.39 is 0 Å². The predicted octanol–water partition coefficient (Wildman–Crippen LogP) is 3.53. The standard InChI is InChI=1S/C24H34N2O4/c1-16-12-17(2)15-26(14-16)11-5-10-25-23(27)9-8-21-18(3)20-7-6-19(29-4)13-22(20)30-24(21)28/h6-7,13,16-17H,5,8-12,14-15H2,1-4H3,(H,25,27). The van der Waals surface area contributed by atoms with Gasteiger partial charge in [-0.05, 0) is 62.3 Å². The number of hydrogen-bond donors (Lipinski definition) is 1. The van der Waals surface area contributed by atoms with Crippen LogP contribution in [0, 0.1) is 18.8 Å². The second-order valence-corrected chi connectivity index (χ2v) is 8.76. The third kappa shape index (κ3) is 5.63. The van der Waals surface area contributed by atoms with Crippen LogP contribution in [0.5, 0.6) is 5.75 Å². The Hall–Kier alpha value is -2.34. The lowest BCUT2D eigenvalue weighted by molar-refractivity contribution is -0.121. The summed E-state index contributed by atoms with van der Waals surface area (Å²) in [7, 11) is 1.58. The zero-order chi connectivity index (χ0) is 21.7. The van der Waals surface area contributed by atoms with Crippen LogP contribution < -0.4 is 15.7 Å². The Morgan fingerprint density at radius 3 is 2.70 bits per heavy atom. The number of nitrogens with zero attached hydrogens (tertiary/aromatic N) is 1. The highest BCUT2D eigenvalue weighted by molar-refractivity contribution is 5.82. The van der Waals surface area contributed by atoms with Crippen molar-refractivity contribution in [1.29, 1.82) is 0 Å². The molecule has 1 amide bonds. The lowest BCUT2D eigenvalue weighted by Gasteiger charge is -2.34. The number of amides is 1. The van der Waals surface area contributed by atoms with Crippen LogP contribution in [0.1, 0.15) is 44.2 Å². The molecule has 1 aromatic heterocycles. The van der Waals surface area contributed by atoms with Crippen LogP contribution in [-0.4, -0.2) is 44.1 Å². The third-order valence-corrected chi connectivity index (χ3v) is 6.01. The number of ether oxygens (including phenoxy) is 1. The maximum atomic E-state index is 12.4. The van der Waals surface area contributed by atoms with Gasteiger partial charge in [0.05, 0.1) is 7.11 Å². The molecule has 2 heterocycles. The molecule has 2 atom stereocenters. The number of aryl methyl sites for hydroxylation is 1. The largest absolute Gasteiger partial charge is 0.497 e. The fourth-order valence-electron chi connectivity index (χ4n) is 4.62. The van der Waals surface area contributed by atoms with Gasteiger partial charge in [-0.25, -0.2) is 4.79 Å². The summed E-state index contributed by atoms with van der Waals surface area (Å²) < 4.78 is 10.6. The molecule has 0 radical (unpaired) electrons. The smallest absolute Gasteiger partial charge is 0.339 e. The maximum Gasteiger partial charge on any atom is 0.339 e. The maximum absolute atomic E-state index is 12.4. The Bertz CT molecular complexity index is 927. The Labute approximate surface area is 178 Å². The molecule has 1 fully saturated rings. The molecule has 0 saturated carbocycles. The average Bonchev–Trinajstić information content (AvgIpc) is 2.70. The minimum Gasteiger partial charge on any atom is -0.497 e. The van der Waals surface area contributed by atoms with E-state index in [1.54, 1.807) is 13.2 Å². The van der Waals surface area contributed by atoms with Gasteiger partial charge in [0.2, 0.25) is 5.91 Å². The van der Waals surface area contributed by atoms with E-state index in [0.717, 1.165) is 48.8 Å². The summed E-state index contributed by atoms with van der Waals surface area (Å²) in [6.45, 7) is 10.5. The molecule has 6 heteroatoms. The number of benzene rings is 1. The zero-order valence-corrected chi connectivity index (χ0v) is 18.6. The fourth-order valence-corrected chi connectivity index (χ4v) is 4.62. The second-order valence-electron chi connectivity index (χ2n) is 8.76. The van der Waals surface area contributed by atoms with Gasteiger partial charge >= 0.3 is 5.63 Å². The van der Waals surface area contributed by atoms with Gasteiger partial charge < -0.3 is 19.4 Å². The van der Waals surface area contributed by atoms with Gasteiger partial charge in [0.1, 0.15) is 11.3 Å². The number of hydrogen-bond acceptors (Lipinski definition) is 5. The highest BCUT2D eigenvalue weighted by Crippen LogP contribution is 2.24. The van der Waals surface area contributed by atoms with E-state index in [1.165, 1.54) is 6.42 Å². The van der Waals surface area contributed by atoms with Crippen LogP contribution in [0.25, 0.3) is 11.0 Å². The summed E-state index contributed by atoms with van der Waals surface area (Å²) in [6, 6.07) is 5.44. The van der Waals surface area contributed by atoms with E-state index in [-0.39, 0.29) is 18.0 Å². The van der Waals surface area contributed by atoms with Crippen molar-refractivity contribution in [2.24, 2.45) is 11.8 Å². The molecule has 2 unspecified atom stereocenters. The van der Waals surface area contributed by atoms with E-state index in [2.05, 4.69) is 24.1 Å². The Balaban J connectivity index is 1.48. The zero-order valence-electron chi connectivity index (χ0n) is 18.6. The topological polar surface area (TPSA) is 71.8 Å². The van der Waals surface area contributed by atoms with Crippen molar-refractivity contribution >= 4 is 16.9 Å². The molecule has 0 bridgehead atoms. The molecule has 164 valence electrons. The monoisotopic (exact) mass is 414 g/mol. The summed E-state index contributed by atoms with van der Waals surface area (Å²) in [5.41, 5.74) is 1.56. The number of rotatable bonds is 8. The van der Waals surface area contributed by atoms with Crippen LogP contribution in [0.4, 0.5) is 0 Å².